The smallest absolute Gasteiger partial charge is 0.267 e. The first-order valence-corrected chi connectivity index (χ1v) is 6.09. The van der Waals surface area contributed by atoms with Gasteiger partial charge in [-0.25, -0.2) is 5.01 Å². The van der Waals surface area contributed by atoms with E-state index in [4.69, 9.17) is 0 Å². The van der Waals surface area contributed by atoms with E-state index in [0.29, 0.717) is 12.0 Å². The van der Waals surface area contributed by atoms with Crippen LogP contribution in [0.5, 0.6) is 0 Å². The van der Waals surface area contributed by atoms with Crippen molar-refractivity contribution in [3.05, 3.63) is 54.9 Å². The third kappa shape index (κ3) is 2.47. The van der Waals surface area contributed by atoms with E-state index in [1.165, 1.54) is 5.01 Å². The molecule has 2 rings (SSSR count). The molecule has 1 aromatic heterocycles. The second-order valence-corrected chi connectivity index (χ2v) is 5.12. The Hall–Kier alpha value is -2.23. The van der Waals surface area contributed by atoms with Gasteiger partial charge in [0, 0.05) is 24.4 Å². The number of nitrogens with zero attached hydrogens (tertiary/aromatic N) is 3. The Morgan fingerprint density at radius 2 is 2.05 bits per heavy atom. The molecule has 0 aromatic carbocycles. The van der Waals surface area contributed by atoms with Crippen molar-refractivity contribution >= 4 is 11.6 Å². The summed E-state index contributed by atoms with van der Waals surface area (Å²) in [4.78, 5) is 16.4. The van der Waals surface area contributed by atoms with E-state index in [2.05, 4.69) is 23.2 Å². The van der Waals surface area contributed by atoms with E-state index in [-0.39, 0.29) is 11.4 Å². The number of carbonyl (C=O) groups excluding carboxylic acids is 1. The maximum absolute atomic E-state index is 12.5. The van der Waals surface area contributed by atoms with Crippen molar-refractivity contribution in [1.29, 1.82) is 0 Å². The topological polar surface area (TPSA) is 45.6 Å². The molecule has 0 radical (unpaired) electrons. The molecule has 2 heterocycles. The summed E-state index contributed by atoms with van der Waals surface area (Å²) in [6, 6.07) is 3.38. The van der Waals surface area contributed by atoms with Crippen LogP contribution >= 0.6 is 0 Å². The van der Waals surface area contributed by atoms with Crippen LogP contribution < -0.4 is 0 Å². The molecule has 19 heavy (non-hydrogen) atoms. The van der Waals surface area contributed by atoms with Crippen LogP contribution in [0.15, 0.2) is 54.4 Å². The molecule has 0 spiro atoms. The second-order valence-electron chi connectivity index (χ2n) is 5.12. The number of hydrogen-bond acceptors (Lipinski definition) is 3. The van der Waals surface area contributed by atoms with Gasteiger partial charge in [-0.2, -0.15) is 5.10 Å². The third-order valence-corrected chi connectivity index (χ3v) is 3.13. The number of rotatable bonds is 3. The van der Waals surface area contributed by atoms with Crippen LogP contribution in [0.4, 0.5) is 0 Å². The zero-order chi connectivity index (χ0) is 14.0. The number of amides is 1. The summed E-state index contributed by atoms with van der Waals surface area (Å²) >= 11 is 0. The quantitative estimate of drug-likeness (QED) is 0.780. The van der Waals surface area contributed by atoms with Crippen molar-refractivity contribution in [3.63, 3.8) is 0 Å². The molecule has 0 saturated carbocycles. The summed E-state index contributed by atoms with van der Waals surface area (Å²) in [6.07, 6.45) is 5.54. The number of carbonyl (C=O) groups is 1. The minimum Gasteiger partial charge on any atom is -0.267 e. The lowest BCUT2D eigenvalue weighted by molar-refractivity contribution is 0.0612. The Morgan fingerprint density at radius 3 is 2.63 bits per heavy atom. The predicted octanol–water partition coefficient (Wildman–Crippen LogP) is 2.80. The minimum atomic E-state index is -0.359. The number of hydrogen-bond donors (Lipinski definition) is 0. The standard InChI is InChI=1S/C15H17N3O/c1-5-11(2)13-10-15(3,4)18(17-13)14(19)12-6-8-16-9-7-12/h5-9H,1-2,10H2,3-4H3. The van der Waals surface area contributed by atoms with Crippen molar-refractivity contribution < 1.29 is 4.79 Å². The summed E-state index contributed by atoms with van der Waals surface area (Å²) in [5, 5.41) is 5.92. The van der Waals surface area contributed by atoms with E-state index in [1.807, 2.05) is 13.8 Å². The van der Waals surface area contributed by atoms with Gasteiger partial charge in [-0.3, -0.25) is 9.78 Å². The van der Waals surface area contributed by atoms with Crippen molar-refractivity contribution in [2.45, 2.75) is 25.8 Å². The van der Waals surface area contributed by atoms with Gasteiger partial charge in [0.2, 0.25) is 0 Å². The molecule has 0 N–H and O–H groups in total. The fourth-order valence-corrected chi connectivity index (χ4v) is 2.01. The van der Waals surface area contributed by atoms with Crippen molar-refractivity contribution in [2.75, 3.05) is 0 Å². The summed E-state index contributed by atoms with van der Waals surface area (Å²) in [6.45, 7) is 11.5. The molecule has 4 nitrogen and oxygen atoms in total. The van der Waals surface area contributed by atoms with E-state index >= 15 is 0 Å². The molecular weight excluding hydrogens is 238 g/mol. The minimum absolute atomic E-state index is 0.126. The van der Waals surface area contributed by atoms with Gasteiger partial charge in [-0.15, -0.1) is 0 Å². The predicted molar refractivity (Wildman–Crippen MR) is 75.9 cm³/mol. The largest absolute Gasteiger partial charge is 0.274 e. The Labute approximate surface area is 113 Å². The van der Waals surface area contributed by atoms with Crippen LogP contribution in [0.3, 0.4) is 0 Å². The van der Waals surface area contributed by atoms with Crippen LogP contribution in [0.2, 0.25) is 0 Å². The maximum atomic E-state index is 12.5. The van der Waals surface area contributed by atoms with Gasteiger partial charge in [-0.05, 0) is 31.6 Å². The number of allylic oxidation sites excluding steroid dienone is 2. The highest BCUT2D eigenvalue weighted by Crippen LogP contribution is 2.30. The van der Waals surface area contributed by atoms with Gasteiger partial charge in [0.1, 0.15) is 0 Å². The van der Waals surface area contributed by atoms with E-state index in [0.717, 1.165) is 11.3 Å². The Morgan fingerprint density at radius 1 is 1.42 bits per heavy atom. The molecule has 0 fully saturated rings. The monoisotopic (exact) mass is 255 g/mol. The zero-order valence-electron chi connectivity index (χ0n) is 11.3. The molecule has 0 bridgehead atoms. The Balaban J connectivity index is 2.33. The van der Waals surface area contributed by atoms with Crippen LogP contribution in [0, 0.1) is 0 Å². The fourth-order valence-electron chi connectivity index (χ4n) is 2.01. The Bertz CT molecular complexity index is 558. The number of hydrazone groups is 1. The van der Waals surface area contributed by atoms with Crippen LogP contribution in [-0.4, -0.2) is 27.2 Å². The first-order chi connectivity index (χ1) is 8.95. The highest BCUT2D eigenvalue weighted by Gasteiger charge is 2.38. The molecule has 0 saturated heterocycles. The summed E-state index contributed by atoms with van der Waals surface area (Å²) in [5.74, 6) is -0.126. The lowest BCUT2D eigenvalue weighted by Crippen LogP contribution is -2.40. The fraction of sp³-hybridized carbons (Fsp3) is 0.267. The molecular formula is C15H17N3O. The van der Waals surface area contributed by atoms with Crippen molar-refractivity contribution in [1.82, 2.24) is 9.99 Å². The molecule has 1 amide bonds. The van der Waals surface area contributed by atoms with Crippen molar-refractivity contribution in [2.24, 2.45) is 5.10 Å². The summed E-state index contributed by atoms with van der Waals surface area (Å²) < 4.78 is 0. The Kier molecular flexibility index (Phi) is 3.34. The average Bonchev–Trinajstić information content (AvgIpc) is 2.73. The van der Waals surface area contributed by atoms with Gasteiger partial charge >= 0.3 is 0 Å². The molecule has 0 atom stereocenters. The summed E-state index contributed by atoms with van der Waals surface area (Å²) in [7, 11) is 0. The second kappa shape index (κ2) is 4.80. The third-order valence-electron chi connectivity index (χ3n) is 3.13. The highest BCUT2D eigenvalue weighted by atomic mass is 16.2. The molecule has 4 heteroatoms. The summed E-state index contributed by atoms with van der Waals surface area (Å²) in [5.41, 5.74) is 1.79. The van der Waals surface area contributed by atoms with Gasteiger partial charge in [-0.1, -0.05) is 19.2 Å². The first-order valence-electron chi connectivity index (χ1n) is 6.09. The number of pyridine rings is 1. The van der Waals surface area contributed by atoms with Crippen molar-refractivity contribution in [3.8, 4) is 0 Å². The lowest BCUT2D eigenvalue weighted by atomic mass is 9.95. The van der Waals surface area contributed by atoms with Crippen LogP contribution in [0.25, 0.3) is 0 Å². The molecule has 98 valence electrons. The molecule has 0 aliphatic carbocycles. The number of aromatic nitrogens is 1. The molecule has 0 unspecified atom stereocenters. The van der Waals surface area contributed by atoms with Gasteiger partial charge in [0.15, 0.2) is 0 Å². The van der Waals surface area contributed by atoms with E-state index < -0.39 is 0 Å². The lowest BCUT2D eigenvalue weighted by Gasteiger charge is -2.28. The molecule has 1 aliphatic heterocycles. The van der Waals surface area contributed by atoms with E-state index in [1.54, 1.807) is 30.6 Å². The molecule has 1 aromatic rings. The van der Waals surface area contributed by atoms with Crippen LogP contribution in [-0.2, 0) is 0 Å². The zero-order valence-corrected chi connectivity index (χ0v) is 11.3. The van der Waals surface area contributed by atoms with Gasteiger partial charge in [0.25, 0.3) is 5.91 Å². The van der Waals surface area contributed by atoms with Gasteiger partial charge < -0.3 is 0 Å². The maximum Gasteiger partial charge on any atom is 0.274 e. The van der Waals surface area contributed by atoms with E-state index in [9.17, 15) is 4.79 Å². The first kappa shape index (κ1) is 13.2. The molecule has 1 aliphatic rings. The average molecular weight is 255 g/mol. The highest BCUT2D eigenvalue weighted by molar-refractivity contribution is 6.06. The SMILES string of the molecule is C=CC(=C)C1=NN(C(=O)c2ccncc2)C(C)(C)C1. The van der Waals surface area contributed by atoms with Crippen LogP contribution in [0.1, 0.15) is 30.6 Å². The van der Waals surface area contributed by atoms with Gasteiger partial charge in [0.05, 0.1) is 11.3 Å². The normalized spacial score (nSPS) is 16.9.